The summed E-state index contributed by atoms with van der Waals surface area (Å²) in [5.41, 5.74) is -0.738. The van der Waals surface area contributed by atoms with Crippen LogP contribution in [0.5, 0.6) is 0 Å². The fourth-order valence-corrected chi connectivity index (χ4v) is 1.10. The van der Waals surface area contributed by atoms with Crippen molar-refractivity contribution in [3.63, 3.8) is 0 Å². The summed E-state index contributed by atoms with van der Waals surface area (Å²) in [7, 11) is 1.49. The average Bonchev–Trinajstić information content (AvgIpc) is 1.82. The topological polar surface area (TPSA) is 3.88 Å². The number of pyridine rings is 1. The normalized spacial score (nSPS) is 11.8. The van der Waals surface area contributed by atoms with E-state index in [9.17, 15) is 13.2 Å². The first-order valence-electron chi connectivity index (χ1n) is 3.12. The highest BCUT2D eigenvalue weighted by Crippen LogP contribution is 2.29. The van der Waals surface area contributed by atoms with Crippen LogP contribution in [0.25, 0.3) is 0 Å². The van der Waals surface area contributed by atoms with Crippen LogP contribution in [0.2, 0.25) is 5.02 Å². The lowest BCUT2D eigenvalue weighted by molar-refractivity contribution is -0.672. The predicted molar refractivity (Wildman–Crippen MR) is 37.6 cm³/mol. The largest absolute Gasteiger partial charge is 0.422 e. The number of halogens is 4. The molecule has 0 saturated heterocycles. The lowest BCUT2D eigenvalue weighted by Crippen LogP contribution is -2.29. The van der Waals surface area contributed by atoms with E-state index in [0.717, 1.165) is 12.3 Å². The molecular formula is C7H6ClF3N+. The first-order chi connectivity index (χ1) is 5.39. The van der Waals surface area contributed by atoms with Crippen LogP contribution in [0.3, 0.4) is 0 Å². The highest BCUT2D eigenvalue weighted by molar-refractivity contribution is 6.30. The lowest BCUT2D eigenvalue weighted by Gasteiger charge is -2.03. The molecule has 0 aliphatic rings. The van der Waals surface area contributed by atoms with Gasteiger partial charge in [-0.1, -0.05) is 11.6 Å². The molecule has 1 aromatic rings. The van der Waals surface area contributed by atoms with Crippen LogP contribution in [0.15, 0.2) is 18.5 Å². The summed E-state index contributed by atoms with van der Waals surface area (Å²) in [4.78, 5) is 0. The van der Waals surface area contributed by atoms with Gasteiger partial charge >= 0.3 is 6.18 Å². The molecule has 0 radical (unpaired) electrons. The smallest absolute Gasteiger partial charge is 0.206 e. The van der Waals surface area contributed by atoms with E-state index in [2.05, 4.69) is 0 Å². The van der Waals surface area contributed by atoms with E-state index in [-0.39, 0.29) is 5.02 Å². The van der Waals surface area contributed by atoms with E-state index >= 15 is 0 Å². The van der Waals surface area contributed by atoms with E-state index in [1.165, 1.54) is 17.8 Å². The van der Waals surface area contributed by atoms with Gasteiger partial charge in [-0.25, -0.2) is 4.57 Å². The summed E-state index contributed by atoms with van der Waals surface area (Å²) in [6.07, 6.45) is -1.95. The zero-order valence-electron chi connectivity index (χ0n) is 6.19. The highest BCUT2D eigenvalue weighted by atomic mass is 35.5. The van der Waals surface area contributed by atoms with Gasteiger partial charge in [0.25, 0.3) is 0 Å². The molecule has 0 spiro atoms. The van der Waals surface area contributed by atoms with Gasteiger partial charge in [0, 0.05) is 0 Å². The molecule has 0 atom stereocenters. The van der Waals surface area contributed by atoms with Crippen LogP contribution < -0.4 is 4.57 Å². The van der Waals surface area contributed by atoms with Crippen molar-refractivity contribution >= 4 is 11.6 Å². The second-order valence-electron chi connectivity index (χ2n) is 2.41. The van der Waals surface area contributed by atoms with Gasteiger partial charge in [-0.05, 0) is 6.07 Å². The summed E-state index contributed by atoms with van der Waals surface area (Å²) in [5, 5.41) is 0.0762. The Morgan fingerprint density at radius 1 is 1.33 bits per heavy atom. The fourth-order valence-electron chi connectivity index (χ4n) is 0.829. The molecule has 0 amide bonds. The number of nitrogens with zero attached hydrogens (tertiary/aromatic N) is 1. The number of hydrogen-bond donors (Lipinski definition) is 0. The van der Waals surface area contributed by atoms with Crippen molar-refractivity contribution in [2.75, 3.05) is 0 Å². The van der Waals surface area contributed by atoms with Crippen LogP contribution in [-0.4, -0.2) is 0 Å². The Hall–Kier alpha value is -0.770. The zero-order chi connectivity index (χ0) is 9.35. The molecule has 1 heterocycles. The van der Waals surface area contributed by atoms with Crippen LogP contribution in [-0.2, 0) is 13.2 Å². The summed E-state index contributed by atoms with van der Waals surface area (Å²) in [6.45, 7) is 0. The second kappa shape index (κ2) is 2.94. The van der Waals surface area contributed by atoms with Gasteiger partial charge in [-0.2, -0.15) is 13.2 Å². The molecule has 0 aliphatic heterocycles. The van der Waals surface area contributed by atoms with Gasteiger partial charge in [0.1, 0.15) is 17.6 Å². The quantitative estimate of drug-likeness (QED) is 0.560. The monoisotopic (exact) mass is 196 g/mol. The maximum Gasteiger partial charge on any atom is 0.422 e. The van der Waals surface area contributed by atoms with E-state index in [1.54, 1.807) is 0 Å². The molecule has 0 aromatic carbocycles. The summed E-state index contributed by atoms with van der Waals surface area (Å²) in [6, 6.07) is 0.890. The standard InChI is InChI=1S/C7H6ClF3N/c1-12-3-5(7(9,10)11)2-6(8)4-12/h2-4H,1H3/q+1. The van der Waals surface area contributed by atoms with Gasteiger partial charge in [0.05, 0.1) is 0 Å². The number of alkyl halides is 3. The summed E-state index contributed by atoms with van der Waals surface area (Å²) in [5.74, 6) is 0. The number of hydrogen-bond acceptors (Lipinski definition) is 0. The van der Waals surface area contributed by atoms with Crippen molar-refractivity contribution in [1.82, 2.24) is 0 Å². The summed E-state index contributed by atoms with van der Waals surface area (Å²) >= 11 is 5.44. The maximum atomic E-state index is 12.1. The molecule has 0 unspecified atom stereocenters. The lowest BCUT2D eigenvalue weighted by atomic mass is 10.3. The van der Waals surface area contributed by atoms with Crippen molar-refractivity contribution < 1.29 is 17.7 Å². The van der Waals surface area contributed by atoms with Gasteiger partial charge in [-0.15, -0.1) is 0 Å². The number of aryl methyl sites for hydroxylation is 1. The average molecular weight is 197 g/mol. The van der Waals surface area contributed by atoms with Crippen LogP contribution in [0.4, 0.5) is 13.2 Å². The van der Waals surface area contributed by atoms with Crippen molar-refractivity contribution in [3.05, 3.63) is 29.0 Å². The number of rotatable bonds is 0. The molecule has 0 saturated carbocycles. The Balaban J connectivity index is 3.18. The molecule has 5 heteroatoms. The van der Waals surface area contributed by atoms with E-state index < -0.39 is 11.7 Å². The molecule has 0 N–H and O–H groups in total. The minimum absolute atomic E-state index is 0.0762. The van der Waals surface area contributed by atoms with Gasteiger partial charge in [-0.3, -0.25) is 0 Å². The summed E-state index contributed by atoms with van der Waals surface area (Å²) < 4.78 is 37.5. The Morgan fingerprint density at radius 3 is 2.33 bits per heavy atom. The maximum absolute atomic E-state index is 12.1. The molecule has 0 aliphatic carbocycles. The van der Waals surface area contributed by atoms with Gasteiger partial charge < -0.3 is 0 Å². The molecule has 1 aromatic heterocycles. The molecule has 66 valence electrons. The van der Waals surface area contributed by atoms with Crippen molar-refractivity contribution in [3.8, 4) is 0 Å². The second-order valence-corrected chi connectivity index (χ2v) is 2.84. The SMILES string of the molecule is C[n+]1cc(Cl)cc(C(F)(F)F)c1. The number of aromatic nitrogens is 1. The van der Waals surface area contributed by atoms with Crippen LogP contribution in [0, 0.1) is 0 Å². The van der Waals surface area contributed by atoms with E-state index in [0.29, 0.717) is 0 Å². The highest BCUT2D eigenvalue weighted by Gasteiger charge is 2.33. The molecule has 1 rings (SSSR count). The van der Waals surface area contributed by atoms with Crippen molar-refractivity contribution in [2.24, 2.45) is 7.05 Å². The third kappa shape index (κ3) is 2.11. The first kappa shape index (κ1) is 9.32. The Labute approximate surface area is 72.4 Å². The third-order valence-electron chi connectivity index (χ3n) is 1.29. The Kier molecular flexibility index (Phi) is 2.28. The minimum atomic E-state index is -4.33. The Bertz CT molecular complexity index is 275. The van der Waals surface area contributed by atoms with Crippen LogP contribution >= 0.6 is 11.6 Å². The van der Waals surface area contributed by atoms with Crippen molar-refractivity contribution in [1.29, 1.82) is 0 Å². The fraction of sp³-hybridized carbons (Fsp3) is 0.286. The predicted octanol–water partition coefficient (Wildman–Crippen LogP) is 2.18. The molecule has 1 nitrogen and oxygen atoms in total. The molecule has 0 bridgehead atoms. The Morgan fingerprint density at radius 2 is 1.92 bits per heavy atom. The molecular weight excluding hydrogens is 191 g/mol. The zero-order valence-corrected chi connectivity index (χ0v) is 6.95. The van der Waals surface area contributed by atoms with Gasteiger partial charge in [0.2, 0.25) is 0 Å². The third-order valence-corrected chi connectivity index (χ3v) is 1.50. The van der Waals surface area contributed by atoms with Gasteiger partial charge in [0.15, 0.2) is 12.4 Å². The van der Waals surface area contributed by atoms with E-state index in [4.69, 9.17) is 11.6 Å². The van der Waals surface area contributed by atoms with Crippen molar-refractivity contribution in [2.45, 2.75) is 6.18 Å². The molecule has 0 fully saturated rings. The first-order valence-corrected chi connectivity index (χ1v) is 3.50. The van der Waals surface area contributed by atoms with E-state index in [1.807, 2.05) is 0 Å². The molecule has 12 heavy (non-hydrogen) atoms. The van der Waals surface area contributed by atoms with Crippen LogP contribution in [0.1, 0.15) is 5.56 Å². The minimum Gasteiger partial charge on any atom is -0.206 e.